The van der Waals surface area contributed by atoms with Crippen molar-refractivity contribution < 1.29 is 14.3 Å². The van der Waals surface area contributed by atoms with Crippen LogP contribution in [0.5, 0.6) is 5.75 Å². The summed E-state index contributed by atoms with van der Waals surface area (Å²) in [6, 6.07) is 25.7. The molecule has 0 saturated heterocycles. The smallest absolute Gasteiger partial charge is 0.265 e. The van der Waals surface area contributed by atoms with Crippen LogP contribution in [-0.4, -0.2) is 18.4 Å². The highest BCUT2D eigenvalue weighted by molar-refractivity contribution is 5.96. The largest absolute Gasteiger partial charge is 0.483 e. The fraction of sp³-hybridized carbons (Fsp3) is 0.0909. The van der Waals surface area contributed by atoms with Crippen molar-refractivity contribution in [2.24, 2.45) is 5.73 Å². The molecule has 0 radical (unpaired) electrons. The Kier molecular flexibility index (Phi) is 5.84. The van der Waals surface area contributed by atoms with Crippen LogP contribution in [0, 0.1) is 0 Å². The molecule has 0 aliphatic rings. The average molecular weight is 360 g/mol. The van der Waals surface area contributed by atoms with Gasteiger partial charge in [-0.15, -0.1) is 0 Å². The van der Waals surface area contributed by atoms with Gasteiger partial charge in [-0.1, -0.05) is 60.7 Å². The van der Waals surface area contributed by atoms with E-state index in [-0.39, 0.29) is 18.1 Å². The van der Waals surface area contributed by atoms with Crippen molar-refractivity contribution in [1.29, 1.82) is 0 Å². The van der Waals surface area contributed by atoms with Crippen LogP contribution < -0.4 is 15.4 Å². The van der Waals surface area contributed by atoms with E-state index in [2.05, 4.69) is 0 Å². The Morgan fingerprint density at radius 3 is 2.07 bits per heavy atom. The van der Waals surface area contributed by atoms with Gasteiger partial charge in [-0.2, -0.15) is 0 Å². The number of para-hydroxylation sites is 2. The van der Waals surface area contributed by atoms with E-state index in [0.717, 1.165) is 11.3 Å². The summed E-state index contributed by atoms with van der Waals surface area (Å²) >= 11 is 0. The lowest BCUT2D eigenvalue weighted by atomic mass is 10.2. The number of ether oxygens (including phenoxy) is 1. The van der Waals surface area contributed by atoms with Crippen molar-refractivity contribution >= 4 is 17.5 Å². The second kappa shape index (κ2) is 8.67. The van der Waals surface area contributed by atoms with Crippen LogP contribution in [0.4, 0.5) is 5.69 Å². The number of carbonyl (C=O) groups is 2. The molecule has 0 fully saturated rings. The third kappa shape index (κ3) is 4.73. The van der Waals surface area contributed by atoms with E-state index < -0.39 is 5.91 Å². The molecule has 0 aliphatic carbocycles. The summed E-state index contributed by atoms with van der Waals surface area (Å²) in [4.78, 5) is 26.1. The van der Waals surface area contributed by atoms with E-state index in [1.54, 1.807) is 29.2 Å². The fourth-order valence-electron chi connectivity index (χ4n) is 2.71. The zero-order valence-electron chi connectivity index (χ0n) is 14.7. The highest BCUT2D eigenvalue weighted by Gasteiger charge is 2.18. The highest BCUT2D eigenvalue weighted by atomic mass is 16.5. The van der Waals surface area contributed by atoms with E-state index in [1.807, 2.05) is 60.7 Å². The predicted molar refractivity (Wildman–Crippen MR) is 105 cm³/mol. The minimum atomic E-state index is -0.595. The van der Waals surface area contributed by atoms with Crippen LogP contribution in [0.2, 0.25) is 0 Å². The second-order valence-corrected chi connectivity index (χ2v) is 5.95. The number of nitrogens with zero attached hydrogens (tertiary/aromatic N) is 1. The molecule has 5 nitrogen and oxygen atoms in total. The molecule has 0 atom stereocenters. The Labute approximate surface area is 158 Å². The molecule has 3 aromatic rings. The van der Waals surface area contributed by atoms with Crippen molar-refractivity contribution in [1.82, 2.24) is 0 Å². The topological polar surface area (TPSA) is 72.6 Å². The molecule has 0 unspecified atom stereocenters. The minimum absolute atomic E-state index is 0.202. The lowest BCUT2D eigenvalue weighted by Crippen LogP contribution is -2.34. The van der Waals surface area contributed by atoms with Crippen molar-refractivity contribution in [2.75, 3.05) is 11.5 Å². The quantitative estimate of drug-likeness (QED) is 0.702. The molecule has 0 aliphatic heterocycles. The molecule has 2 amide bonds. The van der Waals surface area contributed by atoms with Gasteiger partial charge in [0.05, 0.1) is 12.1 Å². The van der Waals surface area contributed by atoms with Crippen LogP contribution in [0.15, 0.2) is 84.9 Å². The number of amides is 2. The van der Waals surface area contributed by atoms with Crippen LogP contribution in [-0.2, 0) is 11.3 Å². The monoisotopic (exact) mass is 360 g/mol. The Morgan fingerprint density at radius 1 is 0.815 bits per heavy atom. The molecule has 5 heteroatoms. The van der Waals surface area contributed by atoms with Gasteiger partial charge < -0.3 is 15.4 Å². The second-order valence-electron chi connectivity index (χ2n) is 5.95. The number of primary amides is 1. The fourth-order valence-corrected chi connectivity index (χ4v) is 2.71. The number of nitrogens with two attached hydrogens (primary N) is 1. The van der Waals surface area contributed by atoms with E-state index in [4.69, 9.17) is 10.5 Å². The molecule has 0 heterocycles. The van der Waals surface area contributed by atoms with Crippen molar-refractivity contribution in [2.45, 2.75) is 6.54 Å². The zero-order valence-corrected chi connectivity index (χ0v) is 14.7. The van der Waals surface area contributed by atoms with E-state index >= 15 is 0 Å². The number of hydrogen-bond donors (Lipinski definition) is 1. The normalized spacial score (nSPS) is 10.2. The number of anilines is 1. The number of hydrogen-bond acceptors (Lipinski definition) is 3. The first-order valence-corrected chi connectivity index (χ1v) is 8.56. The molecule has 3 aromatic carbocycles. The molecular weight excluding hydrogens is 340 g/mol. The lowest BCUT2D eigenvalue weighted by Gasteiger charge is -2.23. The van der Waals surface area contributed by atoms with Crippen LogP contribution >= 0.6 is 0 Å². The van der Waals surface area contributed by atoms with Gasteiger partial charge in [0.2, 0.25) is 0 Å². The Hall–Kier alpha value is -3.60. The first kappa shape index (κ1) is 18.2. The molecule has 2 N–H and O–H groups in total. The molecule has 0 bridgehead atoms. The third-order valence-electron chi connectivity index (χ3n) is 4.06. The van der Waals surface area contributed by atoms with Crippen LogP contribution in [0.3, 0.4) is 0 Å². The van der Waals surface area contributed by atoms with Gasteiger partial charge >= 0.3 is 0 Å². The van der Waals surface area contributed by atoms with Gasteiger partial charge in [-0.25, -0.2) is 0 Å². The SMILES string of the molecule is NC(=O)c1ccccc1OCC(=O)N(Cc1ccccc1)c1ccccc1. The van der Waals surface area contributed by atoms with E-state index in [1.165, 1.54) is 0 Å². The Balaban J connectivity index is 1.78. The summed E-state index contributed by atoms with van der Waals surface area (Å²) in [6.07, 6.45) is 0. The molecule has 27 heavy (non-hydrogen) atoms. The maximum atomic E-state index is 12.9. The first-order valence-electron chi connectivity index (χ1n) is 8.56. The van der Waals surface area contributed by atoms with Gasteiger partial charge in [0.25, 0.3) is 11.8 Å². The highest BCUT2D eigenvalue weighted by Crippen LogP contribution is 2.20. The number of carbonyl (C=O) groups excluding carboxylic acids is 2. The standard InChI is InChI=1S/C22H20N2O3/c23-22(26)19-13-7-8-14-20(19)27-16-21(25)24(18-11-5-2-6-12-18)15-17-9-3-1-4-10-17/h1-14H,15-16H2,(H2,23,26). The molecule has 0 saturated carbocycles. The summed E-state index contributed by atoms with van der Waals surface area (Å²) in [5, 5.41) is 0. The van der Waals surface area contributed by atoms with Gasteiger partial charge in [-0.05, 0) is 29.8 Å². The molecule has 0 spiro atoms. The molecule has 0 aromatic heterocycles. The first-order chi connectivity index (χ1) is 13.1. The summed E-state index contributed by atoms with van der Waals surface area (Å²) < 4.78 is 5.61. The maximum absolute atomic E-state index is 12.9. The zero-order chi connectivity index (χ0) is 19.1. The van der Waals surface area contributed by atoms with Crippen molar-refractivity contribution in [3.05, 3.63) is 96.1 Å². The van der Waals surface area contributed by atoms with Gasteiger partial charge in [0.15, 0.2) is 6.61 Å². The van der Waals surface area contributed by atoms with E-state index in [0.29, 0.717) is 12.3 Å². The van der Waals surface area contributed by atoms with Gasteiger partial charge in [0.1, 0.15) is 5.75 Å². The van der Waals surface area contributed by atoms with Crippen molar-refractivity contribution in [3.8, 4) is 5.75 Å². The van der Waals surface area contributed by atoms with Crippen LogP contribution in [0.1, 0.15) is 15.9 Å². The predicted octanol–water partition coefficient (Wildman–Crippen LogP) is 3.40. The molecule has 136 valence electrons. The summed E-state index contributed by atoms with van der Waals surface area (Å²) in [6.45, 7) is 0.219. The maximum Gasteiger partial charge on any atom is 0.265 e. The summed E-state index contributed by atoms with van der Waals surface area (Å²) in [7, 11) is 0. The lowest BCUT2D eigenvalue weighted by molar-refractivity contribution is -0.120. The van der Waals surface area contributed by atoms with Gasteiger partial charge in [0, 0.05) is 5.69 Å². The Bertz CT molecular complexity index is 911. The number of rotatable bonds is 7. The third-order valence-corrected chi connectivity index (χ3v) is 4.06. The number of benzene rings is 3. The minimum Gasteiger partial charge on any atom is -0.483 e. The molecular formula is C22H20N2O3. The summed E-state index contributed by atoms with van der Waals surface area (Å²) in [5.41, 5.74) is 7.39. The Morgan fingerprint density at radius 2 is 1.41 bits per heavy atom. The van der Waals surface area contributed by atoms with Gasteiger partial charge in [-0.3, -0.25) is 9.59 Å². The van der Waals surface area contributed by atoms with Crippen molar-refractivity contribution in [3.63, 3.8) is 0 Å². The summed E-state index contributed by atoms with van der Waals surface area (Å²) in [5.74, 6) is -0.516. The van der Waals surface area contributed by atoms with Crippen LogP contribution in [0.25, 0.3) is 0 Å². The molecule has 3 rings (SSSR count). The van der Waals surface area contributed by atoms with E-state index in [9.17, 15) is 9.59 Å². The average Bonchev–Trinajstić information content (AvgIpc) is 2.72.